The van der Waals surface area contributed by atoms with E-state index >= 15 is 0 Å². The number of rotatable bonds is 6. The zero-order valence-corrected chi connectivity index (χ0v) is 15.3. The first kappa shape index (κ1) is 18.1. The molecule has 1 atom stereocenters. The van der Waals surface area contributed by atoms with Crippen LogP contribution in [0.3, 0.4) is 0 Å². The van der Waals surface area contributed by atoms with Gasteiger partial charge in [-0.05, 0) is 57.6 Å². The predicted octanol–water partition coefficient (Wildman–Crippen LogP) is 2.75. The smallest absolute Gasteiger partial charge is 0.257 e. The van der Waals surface area contributed by atoms with E-state index in [0.29, 0.717) is 17.3 Å². The van der Waals surface area contributed by atoms with Crippen LogP contribution >= 0.6 is 0 Å². The third kappa shape index (κ3) is 4.41. The van der Waals surface area contributed by atoms with Crippen LogP contribution in [0, 0.1) is 12.3 Å². The number of amides is 1. The van der Waals surface area contributed by atoms with Gasteiger partial charge in [0.1, 0.15) is 0 Å². The number of nitrogens with one attached hydrogen (secondary N) is 1. The highest BCUT2D eigenvalue weighted by Crippen LogP contribution is 2.22. The molecule has 0 saturated carbocycles. The van der Waals surface area contributed by atoms with E-state index in [1.807, 2.05) is 33.2 Å². The highest BCUT2D eigenvalue weighted by molar-refractivity contribution is 5.94. The van der Waals surface area contributed by atoms with Gasteiger partial charge in [-0.15, -0.1) is 0 Å². The summed E-state index contributed by atoms with van der Waals surface area (Å²) < 4.78 is 5.13. The summed E-state index contributed by atoms with van der Waals surface area (Å²) >= 11 is 0. The zero-order valence-electron chi connectivity index (χ0n) is 15.3. The normalized spacial score (nSPS) is 13.1. The molecular weight excluding hydrogens is 304 g/mol. The summed E-state index contributed by atoms with van der Waals surface area (Å²) in [6.45, 7) is 9.00. The fourth-order valence-electron chi connectivity index (χ4n) is 2.61. The van der Waals surface area contributed by atoms with Crippen molar-refractivity contribution in [1.82, 2.24) is 20.4 Å². The molecule has 6 nitrogen and oxygen atoms in total. The van der Waals surface area contributed by atoms with Crippen LogP contribution in [0.15, 0.2) is 28.8 Å². The number of carbonyl (C=O) groups excluding carboxylic acids is 1. The Morgan fingerprint density at radius 3 is 2.42 bits per heavy atom. The van der Waals surface area contributed by atoms with E-state index in [2.05, 4.69) is 34.2 Å². The zero-order chi connectivity index (χ0) is 17.9. The topological polar surface area (TPSA) is 71.3 Å². The third-order valence-electron chi connectivity index (χ3n) is 4.17. The molecule has 0 spiro atoms. The summed E-state index contributed by atoms with van der Waals surface area (Å²) in [4.78, 5) is 18.8. The minimum Gasteiger partial charge on any atom is -0.349 e. The van der Waals surface area contributed by atoms with Gasteiger partial charge < -0.3 is 14.7 Å². The van der Waals surface area contributed by atoms with E-state index in [0.717, 1.165) is 12.1 Å². The Morgan fingerprint density at radius 1 is 1.29 bits per heavy atom. The first-order chi connectivity index (χ1) is 11.2. The van der Waals surface area contributed by atoms with Gasteiger partial charge in [-0.1, -0.05) is 19.0 Å². The van der Waals surface area contributed by atoms with Gasteiger partial charge in [0.25, 0.3) is 11.8 Å². The van der Waals surface area contributed by atoms with Crippen LogP contribution in [-0.2, 0) is 0 Å². The molecule has 0 aliphatic heterocycles. The van der Waals surface area contributed by atoms with Gasteiger partial charge >= 0.3 is 0 Å². The summed E-state index contributed by atoms with van der Waals surface area (Å²) in [5.41, 5.74) is 1.39. The number of benzene rings is 1. The Bertz CT molecular complexity index is 689. The highest BCUT2D eigenvalue weighted by Gasteiger charge is 2.28. The van der Waals surface area contributed by atoms with Crippen molar-refractivity contribution in [2.45, 2.75) is 33.7 Å². The van der Waals surface area contributed by atoms with E-state index in [9.17, 15) is 4.79 Å². The lowest BCUT2D eigenvalue weighted by Gasteiger charge is -2.34. The van der Waals surface area contributed by atoms with Crippen molar-refractivity contribution < 1.29 is 9.32 Å². The lowest BCUT2D eigenvalue weighted by atomic mass is 9.84. The molecule has 24 heavy (non-hydrogen) atoms. The lowest BCUT2D eigenvalue weighted by Crippen LogP contribution is -2.47. The highest BCUT2D eigenvalue weighted by atomic mass is 16.5. The molecule has 1 heterocycles. The minimum absolute atomic E-state index is 0.0274. The van der Waals surface area contributed by atoms with Crippen LogP contribution in [0.1, 0.15) is 37.0 Å². The van der Waals surface area contributed by atoms with Crippen molar-refractivity contribution >= 4 is 5.91 Å². The Kier molecular flexibility index (Phi) is 5.39. The van der Waals surface area contributed by atoms with Crippen molar-refractivity contribution in [3.8, 4) is 11.5 Å². The number of hydrogen-bond donors (Lipinski definition) is 1. The molecule has 0 bridgehead atoms. The summed E-state index contributed by atoms with van der Waals surface area (Å²) in [5, 5.41) is 6.86. The van der Waals surface area contributed by atoms with Crippen LogP contribution in [0.4, 0.5) is 0 Å². The van der Waals surface area contributed by atoms with Gasteiger partial charge in [0, 0.05) is 23.7 Å². The van der Waals surface area contributed by atoms with Crippen molar-refractivity contribution in [1.29, 1.82) is 0 Å². The summed E-state index contributed by atoms with van der Waals surface area (Å²) in [6, 6.07) is 7.23. The Hall–Kier alpha value is -2.21. The fourth-order valence-corrected chi connectivity index (χ4v) is 2.61. The van der Waals surface area contributed by atoms with Crippen molar-refractivity contribution in [3.05, 3.63) is 35.7 Å². The number of carbonyl (C=O) groups is 1. The van der Waals surface area contributed by atoms with Crippen molar-refractivity contribution in [2.24, 2.45) is 5.41 Å². The van der Waals surface area contributed by atoms with Gasteiger partial charge in [-0.2, -0.15) is 4.98 Å². The van der Waals surface area contributed by atoms with Crippen LogP contribution in [0.25, 0.3) is 11.5 Å². The monoisotopic (exact) mass is 330 g/mol. The second-order valence-electron chi connectivity index (χ2n) is 7.15. The minimum atomic E-state index is -0.0809. The summed E-state index contributed by atoms with van der Waals surface area (Å²) in [7, 11) is 4.07. The van der Waals surface area contributed by atoms with E-state index in [-0.39, 0.29) is 17.4 Å². The lowest BCUT2D eigenvalue weighted by molar-refractivity contribution is 0.0885. The second-order valence-corrected chi connectivity index (χ2v) is 7.15. The molecular formula is C18H26N4O2. The quantitative estimate of drug-likeness (QED) is 0.882. The SMILES string of the molecule is Cc1noc(-c2ccc(C(=O)NC(C)C(C)(C)CN(C)C)cc2)n1. The molecule has 0 aliphatic rings. The molecule has 2 rings (SSSR count). The molecule has 1 aromatic carbocycles. The molecule has 0 saturated heterocycles. The van der Waals surface area contributed by atoms with Crippen LogP contribution in [0.2, 0.25) is 0 Å². The molecule has 6 heteroatoms. The number of hydrogen-bond acceptors (Lipinski definition) is 5. The van der Waals surface area contributed by atoms with Crippen LogP contribution < -0.4 is 5.32 Å². The maximum absolute atomic E-state index is 12.5. The van der Waals surface area contributed by atoms with Gasteiger partial charge in [0.2, 0.25) is 0 Å². The maximum Gasteiger partial charge on any atom is 0.257 e. The molecule has 1 aromatic heterocycles. The average molecular weight is 330 g/mol. The predicted molar refractivity (Wildman–Crippen MR) is 93.7 cm³/mol. The molecule has 1 N–H and O–H groups in total. The Balaban J connectivity index is 2.05. The molecule has 130 valence electrons. The number of aromatic nitrogens is 2. The van der Waals surface area contributed by atoms with Gasteiger partial charge in [-0.25, -0.2) is 0 Å². The number of aryl methyl sites for hydroxylation is 1. The van der Waals surface area contributed by atoms with Crippen LogP contribution in [0.5, 0.6) is 0 Å². The molecule has 0 radical (unpaired) electrons. The Labute approximate surface area is 143 Å². The third-order valence-corrected chi connectivity index (χ3v) is 4.17. The molecule has 2 aromatic rings. The summed E-state index contributed by atoms with van der Waals surface area (Å²) in [6.07, 6.45) is 0. The molecule has 0 aliphatic carbocycles. The van der Waals surface area contributed by atoms with Crippen molar-refractivity contribution in [3.63, 3.8) is 0 Å². The fraction of sp³-hybridized carbons (Fsp3) is 0.500. The largest absolute Gasteiger partial charge is 0.349 e. The average Bonchev–Trinajstić information content (AvgIpc) is 2.92. The molecule has 1 amide bonds. The number of nitrogens with zero attached hydrogens (tertiary/aromatic N) is 3. The van der Waals surface area contributed by atoms with E-state index in [4.69, 9.17) is 4.52 Å². The standard InChI is InChI=1S/C18H26N4O2/c1-12(18(3,4)11-22(5)6)19-16(23)14-7-9-15(10-8-14)17-20-13(2)21-24-17/h7-10,12H,11H2,1-6H3,(H,19,23). The van der Waals surface area contributed by atoms with Crippen molar-refractivity contribution in [2.75, 3.05) is 20.6 Å². The maximum atomic E-state index is 12.5. The second kappa shape index (κ2) is 7.13. The Morgan fingerprint density at radius 2 is 1.92 bits per heavy atom. The van der Waals surface area contributed by atoms with Crippen LogP contribution in [-0.4, -0.2) is 47.6 Å². The van der Waals surface area contributed by atoms with E-state index in [1.54, 1.807) is 19.1 Å². The molecule has 0 fully saturated rings. The first-order valence-electron chi connectivity index (χ1n) is 8.05. The van der Waals surface area contributed by atoms with Gasteiger partial charge in [0.05, 0.1) is 0 Å². The molecule has 1 unspecified atom stereocenters. The first-order valence-corrected chi connectivity index (χ1v) is 8.05. The van der Waals surface area contributed by atoms with Gasteiger partial charge in [-0.3, -0.25) is 4.79 Å². The van der Waals surface area contributed by atoms with E-state index in [1.165, 1.54) is 0 Å². The van der Waals surface area contributed by atoms with Gasteiger partial charge in [0.15, 0.2) is 5.82 Å². The van der Waals surface area contributed by atoms with E-state index < -0.39 is 0 Å². The summed E-state index contributed by atoms with van der Waals surface area (Å²) in [5.74, 6) is 0.964.